The summed E-state index contributed by atoms with van der Waals surface area (Å²) in [6.45, 7) is 0.503. The monoisotopic (exact) mass is 259 g/mol. The second kappa shape index (κ2) is 6.34. The van der Waals surface area contributed by atoms with Gasteiger partial charge >= 0.3 is 5.97 Å². The van der Waals surface area contributed by atoms with Crippen molar-refractivity contribution >= 4 is 22.5 Å². The Labute approximate surface area is 101 Å². The van der Waals surface area contributed by atoms with E-state index in [9.17, 15) is 13.4 Å². The Kier molecular flexibility index (Phi) is 5.09. The van der Waals surface area contributed by atoms with Crippen molar-refractivity contribution in [3.8, 4) is 0 Å². The molecule has 0 saturated heterocycles. The van der Waals surface area contributed by atoms with E-state index in [4.69, 9.17) is 5.11 Å². The standard InChI is InChI=1S/C11H14FNO3S/c1-17(16)6-2-5-13-10-4-3-8(11(14)15)7-9(10)12/h3-4,7,13H,2,5-6H2,1H3,(H,14,15). The van der Waals surface area contributed by atoms with Gasteiger partial charge in [0, 0.05) is 29.4 Å². The van der Waals surface area contributed by atoms with Gasteiger partial charge in [0.25, 0.3) is 0 Å². The predicted octanol–water partition coefficient (Wildman–Crippen LogP) is 1.70. The molecule has 0 fully saturated rings. The van der Waals surface area contributed by atoms with Crippen LogP contribution >= 0.6 is 0 Å². The van der Waals surface area contributed by atoms with Crippen LogP contribution in [0.2, 0.25) is 0 Å². The molecule has 0 aromatic heterocycles. The number of carbonyl (C=O) groups is 1. The van der Waals surface area contributed by atoms with E-state index in [1.165, 1.54) is 12.1 Å². The first kappa shape index (κ1) is 13.6. The van der Waals surface area contributed by atoms with Crippen molar-refractivity contribution < 1.29 is 18.5 Å². The van der Waals surface area contributed by atoms with Crippen LogP contribution in [0.1, 0.15) is 16.8 Å². The molecule has 94 valence electrons. The number of hydrogen-bond acceptors (Lipinski definition) is 3. The van der Waals surface area contributed by atoms with Crippen molar-refractivity contribution in [2.45, 2.75) is 6.42 Å². The predicted molar refractivity (Wildman–Crippen MR) is 65.4 cm³/mol. The van der Waals surface area contributed by atoms with Crippen LogP contribution in [0.25, 0.3) is 0 Å². The van der Waals surface area contributed by atoms with E-state index >= 15 is 0 Å². The lowest BCUT2D eigenvalue weighted by Gasteiger charge is -2.07. The molecule has 0 bridgehead atoms. The summed E-state index contributed by atoms with van der Waals surface area (Å²) in [5, 5.41) is 11.5. The van der Waals surface area contributed by atoms with Gasteiger partial charge in [0.1, 0.15) is 5.82 Å². The third-order valence-corrected chi connectivity index (χ3v) is 3.00. The Morgan fingerprint density at radius 2 is 2.24 bits per heavy atom. The number of anilines is 1. The number of carboxylic acids is 1. The van der Waals surface area contributed by atoms with Crippen molar-refractivity contribution in [3.05, 3.63) is 29.6 Å². The summed E-state index contributed by atoms with van der Waals surface area (Å²) in [7, 11) is -0.850. The molecule has 1 aromatic rings. The molecule has 0 heterocycles. The lowest BCUT2D eigenvalue weighted by atomic mass is 10.2. The lowest BCUT2D eigenvalue weighted by molar-refractivity contribution is 0.0696. The number of halogens is 1. The molecule has 1 rings (SSSR count). The highest BCUT2D eigenvalue weighted by Crippen LogP contribution is 2.15. The number of rotatable bonds is 6. The molecule has 6 heteroatoms. The number of nitrogens with one attached hydrogen (secondary N) is 1. The first-order valence-corrected chi connectivity index (χ1v) is 6.80. The average molecular weight is 259 g/mol. The van der Waals surface area contributed by atoms with E-state index in [0.717, 1.165) is 6.07 Å². The molecular formula is C11H14FNO3S. The second-order valence-electron chi connectivity index (χ2n) is 3.56. The van der Waals surface area contributed by atoms with E-state index in [2.05, 4.69) is 5.32 Å². The summed E-state index contributed by atoms with van der Waals surface area (Å²) in [5.41, 5.74) is 0.180. The quantitative estimate of drug-likeness (QED) is 0.763. The molecule has 0 aliphatic rings. The maximum Gasteiger partial charge on any atom is 0.335 e. The van der Waals surface area contributed by atoms with Crippen LogP contribution in [-0.2, 0) is 10.8 Å². The van der Waals surface area contributed by atoms with Crippen molar-refractivity contribution in [2.75, 3.05) is 23.9 Å². The molecule has 1 unspecified atom stereocenters. The van der Waals surface area contributed by atoms with Gasteiger partial charge in [-0.2, -0.15) is 0 Å². The zero-order valence-electron chi connectivity index (χ0n) is 9.40. The van der Waals surface area contributed by atoms with Gasteiger partial charge in [0.05, 0.1) is 11.3 Å². The zero-order valence-corrected chi connectivity index (χ0v) is 10.2. The summed E-state index contributed by atoms with van der Waals surface area (Å²) < 4.78 is 24.2. The van der Waals surface area contributed by atoms with Crippen molar-refractivity contribution in [1.29, 1.82) is 0 Å². The number of benzene rings is 1. The lowest BCUT2D eigenvalue weighted by Crippen LogP contribution is -2.08. The number of hydrogen-bond donors (Lipinski definition) is 2. The zero-order chi connectivity index (χ0) is 12.8. The Balaban J connectivity index is 2.54. The van der Waals surface area contributed by atoms with Crippen molar-refractivity contribution in [3.63, 3.8) is 0 Å². The highest BCUT2D eigenvalue weighted by molar-refractivity contribution is 7.84. The third kappa shape index (κ3) is 4.52. The molecule has 0 aliphatic carbocycles. The highest BCUT2D eigenvalue weighted by Gasteiger charge is 2.07. The van der Waals surface area contributed by atoms with Crippen LogP contribution in [0.15, 0.2) is 18.2 Å². The molecule has 1 atom stereocenters. The largest absolute Gasteiger partial charge is 0.478 e. The minimum Gasteiger partial charge on any atom is -0.478 e. The molecule has 0 saturated carbocycles. The summed E-state index contributed by atoms with van der Waals surface area (Å²) in [6, 6.07) is 3.70. The van der Waals surface area contributed by atoms with Crippen LogP contribution in [0, 0.1) is 5.82 Å². The summed E-state index contributed by atoms with van der Waals surface area (Å²) in [4.78, 5) is 10.6. The fourth-order valence-corrected chi connectivity index (χ4v) is 1.84. The molecule has 0 amide bonds. The minimum absolute atomic E-state index is 0.0808. The Bertz CT molecular complexity index is 437. The number of aromatic carboxylic acids is 1. The van der Waals surface area contributed by atoms with Gasteiger partial charge in [0.2, 0.25) is 0 Å². The topological polar surface area (TPSA) is 66.4 Å². The Morgan fingerprint density at radius 3 is 2.76 bits per heavy atom. The van der Waals surface area contributed by atoms with Gasteiger partial charge in [0.15, 0.2) is 0 Å². The molecule has 4 nitrogen and oxygen atoms in total. The smallest absolute Gasteiger partial charge is 0.335 e. The molecule has 0 spiro atoms. The molecular weight excluding hydrogens is 245 g/mol. The van der Waals surface area contributed by atoms with Gasteiger partial charge in [-0.05, 0) is 24.6 Å². The maximum atomic E-state index is 13.4. The molecule has 0 aliphatic heterocycles. The first-order chi connectivity index (χ1) is 8.00. The maximum absolute atomic E-state index is 13.4. The highest BCUT2D eigenvalue weighted by atomic mass is 32.2. The van der Waals surface area contributed by atoms with Crippen LogP contribution in [0.5, 0.6) is 0 Å². The molecule has 17 heavy (non-hydrogen) atoms. The molecule has 1 aromatic carbocycles. The van der Waals surface area contributed by atoms with E-state index in [1.807, 2.05) is 0 Å². The van der Waals surface area contributed by atoms with E-state index < -0.39 is 22.6 Å². The third-order valence-electron chi connectivity index (χ3n) is 2.14. The average Bonchev–Trinajstić information content (AvgIpc) is 2.25. The second-order valence-corrected chi connectivity index (χ2v) is 5.11. The summed E-state index contributed by atoms with van der Waals surface area (Å²) >= 11 is 0. The normalized spacial score (nSPS) is 12.1. The van der Waals surface area contributed by atoms with Crippen molar-refractivity contribution in [2.24, 2.45) is 0 Å². The van der Waals surface area contributed by atoms with Gasteiger partial charge in [-0.3, -0.25) is 4.21 Å². The van der Waals surface area contributed by atoms with Gasteiger partial charge < -0.3 is 10.4 Å². The fourth-order valence-electron chi connectivity index (χ4n) is 1.29. The number of carboxylic acid groups (broad SMARTS) is 1. The Morgan fingerprint density at radius 1 is 1.53 bits per heavy atom. The SMILES string of the molecule is CS(=O)CCCNc1ccc(C(=O)O)cc1F. The van der Waals surface area contributed by atoms with Crippen LogP contribution in [-0.4, -0.2) is 33.8 Å². The molecule has 2 N–H and O–H groups in total. The first-order valence-electron chi connectivity index (χ1n) is 5.07. The fraction of sp³-hybridized carbons (Fsp3) is 0.364. The van der Waals surface area contributed by atoms with Crippen LogP contribution in [0.3, 0.4) is 0 Å². The van der Waals surface area contributed by atoms with Crippen LogP contribution < -0.4 is 5.32 Å². The Hall–Kier alpha value is -1.43. The summed E-state index contributed by atoms with van der Waals surface area (Å²) in [6.07, 6.45) is 2.28. The van der Waals surface area contributed by atoms with E-state index in [-0.39, 0.29) is 11.3 Å². The van der Waals surface area contributed by atoms with Crippen LogP contribution in [0.4, 0.5) is 10.1 Å². The molecule has 0 radical (unpaired) electrons. The van der Waals surface area contributed by atoms with Crippen molar-refractivity contribution in [1.82, 2.24) is 0 Å². The van der Waals surface area contributed by atoms with Gasteiger partial charge in [-0.25, -0.2) is 9.18 Å². The van der Waals surface area contributed by atoms with Gasteiger partial charge in [-0.1, -0.05) is 0 Å². The minimum atomic E-state index is -1.16. The summed E-state index contributed by atoms with van der Waals surface area (Å²) in [5.74, 6) is -1.19. The van der Waals surface area contributed by atoms with E-state index in [1.54, 1.807) is 6.26 Å². The van der Waals surface area contributed by atoms with Gasteiger partial charge in [-0.15, -0.1) is 0 Å². The van der Waals surface area contributed by atoms with E-state index in [0.29, 0.717) is 18.7 Å².